The van der Waals surface area contributed by atoms with Crippen LogP contribution in [-0.4, -0.2) is 11.5 Å². The van der Waals surface area contributed by atoms with Crippen LogP contribution in [0.1, 0.15) is 18.3 Å². The van der Waals surface area contributed by atoms with Crippen molar-refractivity contribution in [3.63, 3.8) is 0 Å². The van der Waals surface area contributed by atoms with E-state index in [2.05, 4.69) is 4.98 Å². The lowest BCUT2D eigenvalue weighted by Gasteiger charge is -2.24. The largest absolute Gasteiger partial charge is 0.395 e. The number of para-hydroxylation sites is 1. The summed E-state index contributed by atoms with van der Waals surface area (Å²) in [5.74, 6) is -0.381. The Morgan fingerprint density at radius 3 is 2.63 bits per heavy atom. The molecule has 0 atom stereocenters. The molecule has 0 bridgehead atoms. The number of aromatic nitrogens is 1. The molecule has 1 aromatic heterocycles. The number of benzene rings is 1. The topological polar surface area (TPSA) is 42.2 Å². The second-order valence-electron chi connectivity index (χ2n) is 4.46. The number of nitrogen functional groups attached to an aromatic ring is 1. The molecule has 0 radical (unpaired) electrons. The third-order valence-electron chi connectivity index (χ3n) is 3.05. The second-order valence-corrected chi connectivity index (χ2v) is 4.46. The van der Waals surface area contributed by atoms with Crippen LogP contribution in [0.3, 0.4) is 0 Å². The highest BCUT2D eigenvalue weighted by molar-refractivity contribution is 5.68. The number of pyridine rings is 1. The highest BCUT2D eigenvalue weighted by Crippen LogP contribution is 2.26. The van der Waals surface area contributed by atoms with Gasteiger partial charge < -0.3 is 10.6 Å². The van der Waals surface area contributed by atoms with Crippen LogP contribution in [0.15, 0.2) is 36.4 Å². The van der Waals surface area contributed by atoms with E-state index < -0.39 is 0 Å². The Kier molecular flexibility index (Phi) is 4.00. The summed E-state index contributed by atoms with van der Waals surface area (Å²) in [6.07, 6.45) is 0. The number of hydrogen-bond acceptors (Lipinski definition) is 3. The molecule has 2 N–H and O–H groups in total. The molecule has 1 heterocycles. The Bertz CT molecular complexity index is 569. The predicted octanol–water partition coefficient (Wildman–Crippen LogP) is 3.14. The number of nitrogens with two attached hydrogens (primary N) is 1. The van der Waals surface area contributed by atoms with E-state index in [-0.39, 0.29) is 11.5 Å². The fourth-order valence-corrected chi connectivity index (χ4v) is 2.05. The van der Waals surface area contributed by atoms with Crippen molar-refractivity contribution in [3.05, 3.63) is 53.6 Å². The molecule has 3 nitrogen and oxygen atoms in total. The second kappa shape index (κ2) is 5.69. The zero-order valence-electron chi connectivity index (χ0n) is 11.2. The molecule has 0 fully saturated rings. The lowest BCUT2D eigenvalue weighted by Crippen LogP contribution is -2.24. The first-order chi connectivity index (χ1) is 9.11. The molecule has 0 spiro atoms. The summed E-state index contributed by atoms with van der Waals surface area (Å²) in [5, 5.41) is 0. The number of aryl methyl sites for hydroxylation is 1. The molecule has 0 amide bonds. The predicted molar refractivity (Wildman–Crippen MR) is 76.5 cm³/mol. The molecule has 2 rings (SSSR count). The molecule has 0 aliphatic heterocycles. The Morgan fingerprint density at radius 1 is 1.21 bits per heavy atom. The van der Waals surface area contributed by atoms with Crippen molar-refractivity contribution in [2.75, 3.05) is 17.2 Å². The molecule has 1 aromatic carbocycles. The zero-order chi connectivity index (χ0) is 13.8. The molecule has 100 valence electrons. The summed E-state index contributed by atoms with van der Waals surface area (Å²) < 4.78 is 13.5. The van der Waals surface area contributed by atoms with Crippen molar-refractivity contribution < 1.29 is 4.39 Å². The maximum atomic E-state index is 13.5. The molecular formula is C15H18FN3. The normalized spacial score (nSPS) is 10.5. The molecule has 0 aliphatic carbocycles. The Labute approximate surface area is 112 Å². The molecule has 4 heteroatoms. The first kappa shape index (κ1) is 13.3. The van der Waals surface area contributed by atoms with Gasteiger partial charge in [0.1, 0.15) is 5.82 Å². The maximum absolute atomic E-state index is 13.5. The molecule has 0 saturated heterocycles. The third kappa shape index (κ3) is 3.02. The number of halogens is 1. The number of hydrogen-bond donors (Lipinski definition) is 1. The van der Waals surface area contributed by atoms with E-state index in [0.717, 1.165) is 17.9 Å². The lowest BCUT2D eigenvalue weighted by atomic mass is 10.2. The van der Waals surface area contributed by atoms with Crippen LogP contribution in [0.25, 0.3) is 0 Å². The summed E-state index contributed by atoms with van der Waals surface area (Å²) in [6, 6.07) is 10.8. The fraction of sp³-hybridized carbons (Fsp3) is 0.267. The van der Waals surface area contributed by atoms with Crippen molar-refractivity contribution >= 4 is 11.4 Å². The summed E-state index contributed by atoms with van der Waals surface area (Å²) in [5.41, 5.74) is 8.63. The van der Waals surface area contributed by atoms with E-state index in [0.29, 0.717) is 12.2 Å². The van der Waals surface area contributed by atoms with Crippen LogP contribution in [0, 0.1) is 12.7 Å². The van der Waals surface area contributed by atoms with Gasteiger partial charge in [-0.05, 0) is 38.1 Å². The van der Waals surface area contributed by atoms with Crippen LogP contribution >= 0.6 is 0 Å². The van der Waals surface area contributed by atoms with Gasteiger partial charge in [-0.3, -0.25) is 4.98 Å². The van der Waals surface area contributed by atoms with Gasteiger partial charge in [0.05, 0.1) is 23.6 Å². The Hall–Kier alpha value is -2.10. The van der Waals surface area contributed by atoms with Gasteiger partial charge in [0.2, 0.25) is 0 Å². The van der Waals surface area contributed by atoms with Gasteiger partial charge in [-0.1, -0.05) is 12.1 Å². The van der Waals surface area contributed by atoms with Gasteiger partial charge in [0.25, 0.3) is 0 Å². The van der Waals surface area contributed by atoms with Crippen molar-refractivity contribution in [2.45, 2.75) is 20.4 Å². The number of rotatable bonds is 4. The summed E-state index contributed by atoms with van der Waals surface area (Å²) in [4.78, 5) is 6.48. The first-order valence-electron chi connectivity index (χ1n) is 6.33. The summed E-state index contributed by atoms with van der Waals surface area (Å²) in [6.45, 7) is 5.32. The van der Waals surface area contributed by atoms with Crippen LogP contribution in [-0.2, 0) is 6.54 Å². The van der Waals surface area contributed by atoms with Gasteiger partial charge in [0.15, 0.2) is 0 Å². The van der Waals surface area contributed by atoms with E-state index >= 15 is 0 Å². The summed E-state index contributed by atoms with van der Waals surface area (Å²) in [7, 11) is 0. The summed E-state index contributed by atoms with van der Waals surface area (Å²) >= 11 is 0. The average molecular weight is 259 g/mol. The van der Waals surface area contributed by atoms with E-state index in [9.17, 15) is 4.39 Å². The van der Waals surface area contributed by atoms with E-state index in [1.54, 1.807) is 6.07 Å². The third-order valence-corrected chi connectivity index (χ3v) is 3.05. The monoisotopic (exact) mass is 259 g/mol. The molecule has 0 aliphatic rings. The SMILES string of the molecule is CCN(Cc1cccc(C)n1)c1cccc(F)c1N. The fourth-order valence-electron chi connectivity index (χ4n) is 2.05. The van der Waals surface area contributed by atoms with Crippen LogP contribution in [0.2, 0.25) is 0 Å². The van der Waals surface area contributed by atoms with Gasteiger partial charge in [-0.15, -0.1) is 0 Å². The van der Waals surface area contributed by atoms with Gasteiger partial charge in [-0.25, -0.2) is 4.39 Å². The van der Waals surface area contributed by atoms with Gasteiger partial charge in [-0.2, -0.15) is 0 Å². The quantitative estimate of drug-likeness (QED) is 0.858. The smallest absolute Gasteiger partial charge is 0.148 e. The van der Waals surface area contributed by atoms with Crippen LogP contribution < -0.4 is 10.6 Å². The maximum Gasteiger partial charge on any atom is 0.148 e. The molecule has 0 unspecified atom stereocenters. The van der Waals surface area contributed by atoms with E-state index in [1.165, 1.54) is 6.07 Å². The van der Waals surface area contributed by atoms with E-state index in [4.69, 9.17) is 5.73 Å². The van der Waals surface area contributed by atoms with Crippen molar-refractivity contribution in [1.29, 1.82) is 0 Å². The standard InChI is InChI=1S/C15H18FN3/c1-3-19(10-12-7-4-6-11(2)18-12)14-9-5-8-13(16)15(14)17/h4-9H,3,10,17H2,1-2H3. The van der Waals surface area contributed by atoms with E-state index in [1.807, 2.05) is 43.0 Å². The lowest BCUT2D eigenvalue weighted by molar-refractivity contribution is 0.631. The molecular weight excluding hydrogens is 241 g/mol. The highest BCUT2D eigenvalue weighted by Gasteiger charge is 2.12. The highest BCUT2D eigenvalue weighted by atomic mass is 19.1. The number of nitrogens with zero attached hydrogens (tertiary/aromatic N) is 2. The van der Waals surface area contributed by atoms with Crippen LogP contribution in [0.4, 0.5) is 15.8 Å². The van der Waals surface area contributed by atoms with Crippen molar-refractivity contribution in [1.82, 2.24) is 4.98 Å². The molecule has 0 saturated carbocycles. The zero-order valence-corrected chi connectivity index (χ0v) is 11.2. The minimum Gasteiger partial charge on any atom is -0.395 e. The average Bonchev–Trinajstić information content (AvgIpc) is 2.40. The minimum atomic E-state index is -0.381. The molecule has 2 aromatic rings. The van der Waals surface area contributed by atoms with Gasteiger partial charge >= 0.3 is 0 Å². The number of anilines is 2. The molecule has 19 heavy (non-hydrogen) atoms. The van der Waals surface area contributed by atoms with Gasteiger partial charge in [0, 0.05) is 12.2 Å². The minimum absolute atomic E-state index is 0.192. The van der Waals surface area contributed by atoms with Crippen LogP contribution in [0.5, 0.6) is 0 Å². The van der Waals surface area contributed by atoms with Crippen molar-refractivity contribution in [2.24, 2.45) is 0 Å². The van der Waals surface area contributed by atoms with Crippen molar-refractivity contribution in [3.8, 4) is 0 Å². The Balaban J connectivity index is 2.28. The first-order valence-corrected chi connectivity index (χ1v) is 6.33. The Morgan fingerprint density at radius 2 is 1.95 bits per heavy atom.